The molecule has 2 heterocycles. The van der Waals surface area contributed by atoms with E-state index in [1.54, 1.807) is 12.1 Å². The number of nitrogens with one attached hydrogen (secondary N) is 1. The largest absolute Gasteiger partial charge is 0.459 e. The number of amides is 1. The summed E-state index contributed by atoms with van der Waals surface area (Å²) in [5, 5.41) is 3.38. The molecule has 2 aromatic rings. The second-order valence-electron chi connectivity index (χ2n) is 6.73. The van der Waals surface area contributed by atoms with Crippen LogP contribution in [0.25, 0.3) is 0 Å². The molecule has 1 N–H and O–H groups in total. The number of guanidine groups is 1. The summed E-state index contributed by atoms with van der Waals surface area (Å²) < 4.78 is 6.34. The van der Waals surface area contributed by atoms with Gasteiger partial charge >= 0.3 is 0 Å². The topological polar surface area (TPSA) is 61.1 Å². The number of hydrogen-bond acceptors (Lipinski definition) is 3. The number of piperazine rings is 1. The maximum absolute atomic E-state index is 12.4. The van der Waals surface area contributed by atoms with Gasteiger partial charge in [-0.25, -0.2) is 0 Å². The van der Waals surface area contributed by atoms with E-state index in [2.05, 4.69) is 51.3 Å². The molecular weight excluding hydrogens is 547 g/mol. The van der Waals surface area contributed by atoms with Crippen molar-refractivity contribution in [1.29, 1.82) is 0 Å². The Morgan fingerprint density at radius 1 is 1.17 bits per heavy atom. The Morgan fingerprint density at radius 3 is 2.59 bits per heavy atom. The molecule has 6 nitrogen and oxygen atoms in total. The lowest BCUT2D eigenvalue weighted by Gasteiger charge is -2.36. The van der Waals surface area contributed by atoms with E-state index >= 15 is 0 Å². The van der Waals surface area contributed by atoms with E-state index in [1.165, 1.54) is 11.8 Å². The molecule has 0 unspecified atom stereocenters. The molecule has 0 radical (unpaired) electrons. The lowest BCUT2D eigenvalue weighted by atomic mass is 10.1. The van der Waals surface area contributed by atoms with Crippen molar-refractivity contribution in [2.24, 2.45) is 4.99 Å². The second-order valence-corrected chi connectivity index (χ2v) is 7.64. The van der Waals surface area contributed by atoms with Gasteiger partial charge in [-0.1, -0.05) is 28.1 Å². The number of benzene rings is 1. The standard InChI is InChI=1S/C21H27BrN4O2.HI/c1-2-23-21(24-10-4-7-17-6-3-8-18(22)16-17)26-13-11-25(12-14-26)20(27)19-9-5-15-28-19;/h3,5-6,8-9,15-16H,2,4,7,10-14H2,1H3,(H,23,24);1H. The molecule has 1 aliphatic rings. The molecule has 0 bridgehead atoms. The molecule has 29 heavy (non-hydrogen) atoms. The van der Waals surface area contributed by atoms with E-state index in [4.69, 9.17) is 9.41 Å². The molecule has 0 aliphatic carbocycles. The minimum Gasteiger partial charge on any atom is -0.459 e. The maximum atomic E-state index is 12.4. The molecule has 1 amide bonds. The summed E-state index contributed by atoms with van der Waals surface area (Å²) >= 11 is 3.52. The van der Waals surface area contributed by atoms with Crippen LogP contribution in [0.15, 0.2) is 56.5 Å². The first kappa shape index (κ1) is 23.7. The second kappa shape index (κ2) is 12.2. The third kappa shape index (κ3) is 7.02. The Labute approximate surface area is 197 Å². The Bertz CT molecular complexity index is 790. The van der Waals surface area contributed by atoms with Crippen molar-refractivity contribution < 1.29 is 9.21 Å². The fourth-order valence-corrected chi connectivity index (χ4v) is 3.71. The third-order valence-corrected chi connectivity index (χ3v) is 5.20. The number of carbonyl (C=O) groups excluding carboxylic acids is 1. The van der Waals surface area contributed by atoms with Crippen LogP contribution in [0.1, 0.15) is 29.5 Å². The van der Waals surface area contributed by atoms with Crippen molar-refractivity contribution in [2.75, 3.05) is 39.3 Å². The van der Waals surface area contributed by atoms with Crippen molar-refractivity contribution in [3.8, 4) is 0 Å². The summed E-state index contributed by atoms with van der Waals surface area (Å²) in [5.41, 5.74) is 1.32. The molecule has 0 spiro atoms. The van der Waals surface area contributed by atoms with Crippen molar-refractivity contribution >= 4 is 51.8 Å². The minimum absolute atomic E-state index is 0. The number of nitrogens with zero attached hydrogens (tertiary/aromatic N) is 3. The van der Waals surface area contributed by atoms with Gasteiger partial charge in [0.2, 0.25) is 0 Å². The van der Waals surface area contributed by atoms with Gasteiger partial charge in [-0.05, 0) is 49.6 Å². The molecule has 1 fully saturated rings. The number of carbonyl (C=O) groups is 1. The highest BCUT2D eigenvalue weighted by Gasteiger charge is 2.25. The van der Waals surface area contributed by atoms with E-state index in [0.29, 0.717) is 18.8 Å². The number of hydrogen-bond donors (Lipinski definition) is 1. The number of halogens is 2. The number of aliphatic imine (C=N–C) groups is 1. The number of rotatable bonds is 6. The van der Waals surface area contributed by atoms with Crippen LogP contribution in [-0.4, -0.2) is 60.9 Å². The fraction of sp³-hybridized carbons (Fsp3) is 0.429. The average Bonchev–Trinajstić information content (AvgIpc) is 3.25. The summed E-state index contributed by atoms with van der Waals surface area (Å²) in [4.78, 5) is 21.3. The van der Waals surface area contributed by atoms with Crippen molar-refractivity contribution in [2.45, 2.75) is 19.8 Å². The Kier molecular flexibility index (Phi) is 9.99. The summed E-state index contributed by atoms with van der Waals surface area (Å²) in [6, 6.07) is 11.9. The molecular formula is C21H28BrIN4O2. The van der Waals surface area contributed by atoms with Gasteiger partial charge in [0.15, 0.2) is 11.7 Å². The van der Waals surface area contributed by atoms with Crippen LogP contribution in [0.4, 0.5) is 0 Å². The third-order valence-electron chi connectivity index (χ3n) is 4.71. The van der Waals surface area contributed by atoms with Crippen LogP contribution < -0.4 is 5.32 Å². The van der Waals surface area contributed by atoms with E-state index in [9.17, 15) is 4.79 Å². The van der Waals surface area contributed by atoms with Crippen molar-refractivity contribution in [3.05, 3.63) is 58.5 Å². The van der Waals surface area contributed by atoms with Gasteiger partial charge in [-0.2, -0.15) is 0 Å². The first-order chi connectivity index (χ1) is 13.7. The molecule has 1 aliphatic heterocycles. The minimum atomic E-state index is -0.0411. The van der Waals surface area contributed by atoms with Crippen LogP contribution in [0.3, 0.4) is 0 Å². The molecule has 0 atom stereocenters. The Balaban J connectivity index is 0.00000300. The fourth-order valence-electron chi connectivity index (χ4n) is 3.26. The predicted octanol–water partition coefficient (Wildman–Crippen LogP) is 4.02. The Hall–Kier alpha value is -1.55. The summed E-state index contributed by atoms with van der Waals surface area (Å²) in [7, 11) is 0. The van der Waals surface area contributed by atoms with Crippen molar-refractivity contribution in [3.63, 3.8) is 0 Å². The average molecular weight is 575 g/mol. The van der Waals surface area contributed by atoms with Crippen molar-refractivity contribution in [1.82, 2.24) is 15.1 Å². The molecule has 0 saturated carbocycles. The predicted molar refractivity (Wildman–Crippen MR) is 130 cm³/mol. The van der Waals surface area contributed by atoms with E-state index in [-0.39, 0.29) is 29.9 Å². The van der Waals surface area contributed by atoms with Gasteiger partial charge in [0.25, 0.3) is 5.91 Å². The van der Waals surface area contributed by atoms with Crippen LogP contribution in [0.2, 0.25) is 0 Å². The highest BCUT2D eigenvalue weighted by Crippen LogP contribution is 2.13. The highest BCUT2D eigenvalue weighted by molar-refractivity contribution is 14.0. The van der Waals surface area contributed by atoms with Gasteiger partial charge in [0, 0.05) is 43.7 Å². The summed E-state index contributed by atoms with van der Waals surface area (Å²) in [5.74, 6) is 1.30. The zero-order chi connectivity index (χ0) is 19.8. The summed E-state index contributed by atoms with van der Waals surface area (Å²) in [6.07, 6.45) is 3.55. The van der Waals surface area contributed by atoms with Gasteiger partial charge in [-0.3, -0.25) is 9.79 Å². The van der Waals surface area contributed by atoms with Gasteiger partial charge < -0.3 is 19.5 Å². The number of aryl methyl sites for hydroxylation is 1. The zero-order valence-corrected chi connectivity index (χ0v) is 20.6. The lowest BCUT2D eigenvalue weighted by molar-refractivity contribution is 0.0657. The summed E-state index contributed by atoms with van der Waals surface area (Å²) in [6.45, 7) is 6.56. The van der Waals surface area contributed by atoms with Crippen LogP contribution >= 0.6 is 39.9 Å². The van der Waals surface area contributed by atoms with Crippen LogP contribution in [-0.2, 0) is 6.42 Å². The first-order valence-corrected chi connectivity index (χ1v) is 10.6. The van der Waals surface area contributed by atoms with Crippen LogP contribution in [0, 0.1) is 0 Å². The Morgan fingerprint density at radius 2 is 1.93 bits per heavy atom. The monoisotopic (exact) mass is 574 g/mol. The molecule has 8 heteroatoms. The van der Waals surface area contributed by atoms with E-state index in [1.807, 2.05) is 11.0 Å². The SMILES string of the molecule is CCNC(=NCCCc1cccc(Br)c1)N1CCN(C(=O)c2ccco2)CC1.I. The van der Waals surface area contributed by atoms with Gasteiger partial charge in [0.1, 0.15) is 0 Å². The maximum Gasteiger partial charge on any atom is 0.289 e. The highest BCUT2D eigenvalue weighted by atomic mass is 127. The molecule has 1 saturated heterocycles. The quantitative estimate of drug-likeness (QED) is 0.245. The lowest BCUT2D eigenvalue weighted by Crippen LogP contribution is -2.53. The van der Waals surface area contributed by atoms with Gasteiger partial charge in [-0.15, -0.1) is 24.0 Å². The first-order valence-electron chi connectivity index (χ1n) is 9.78. The van der Waals surface area contributed by atoms with Gasteiger partial charge in [0.05, 0.1) is 6.26 Å². The van der Waals surface area contributed by atoms with E-state index in [0.717, 1.165) is 49.5 Å². The molecule has 3 rings (SSSR count). The molecule has 1 aromatic heterocycles. The molecule has 158 valence electrons. The normalized spacial score (nSPS) is 14.5. The smallest absolute Gasteiger partial charge is 0.289 e. The van der Waals surface area contributed by atoms with E-state index < -0.39 is 0 Å². The number of furan rings is 1. The molecule has 1 aromatic carbocycles. The van der Waals surface area contributed by atoms with Crippen LogP contribution in [0.5, 0.6) is 0 Å². The zero-order valence-electron chi connectivity index (χ0n) is 16.6.